The maximum Gasteiger partial charge on any atom is 0.0372 e. The topological polar surface area (TPSA) is 26.0 Å². The van der Waals surface area contributed by atoms with Gasteiger partial charge in [0.25, 0.3) is 0 Å². The summed E-state index contributed by atoms with van der Waals surface area (Å²) in [5.74, 6) is 0. The van der Waals surface area contributed by atoms with Gasteiger partial charge in [0.1, 0.15) is 0 Å². The molecular formula is C7H10BrNS. The third-order valence-electron chi connectivity index (χ3n) is 1.34. The molecule has 0 unspecified atom stereocenters. The number of hydrogen-bond donors (Lipinski definition) is 1. The monoisotopic (exact) mass is 219 g/mol. The maximum absolute atomic E-state index is 5.71. The largest absolute Gasteiger partial charge is 0.323 e. The molecule has 1 nitrogen and oxygen atoms in total. The first-order chi connectivity index (χ1) is 4.63. The van der Waals surface area contributed by atoms with Crippen LogP contribution in [0.2, 0.25) is 0 Å². The molecule has 0 saturated heterocycles. The van der Waals surface area contributed by atoms with Gasteiger partial charge in [-0.05, 0) is 40.7 Å². The Balaban J connectivity index is 3.05. The Hall–Kier alpha value is 0.140. The van der Waals surface area contributed by atoms with Gasteiger partial charge in [0.05, 0.1) is 0 Å². The van der Waals surface area contributed by atoms with Crippen LogP contribution in [0.4, 0.5) is 0 Å². The van der Waals surface area contributed by atoms with Crippen molar-refractivity contribution in [2.75, 3.05) is 0 Å². The van der Waals surface area contributed by atoms with Crippen LogP contribution in [-0.4, -0.2) is 0 Å². The summed E-state index contributed by atoms with van der Waals surface area (Å²) in [5, 5.41) is 2.11. The van der Waals surface area contributed by atoms with E-state index in [2.05, 4.69) is 28.2 Å². The minimum Gasteiger partial charge on any atom is -0.323 e. The van der Waals surface area contributed by atoms with Crippen LogP contribution in [0.5, 0.6) is 0 Å². The SMILES string of the molecule is Cc1csc([C@H](C)N)c1Br. The molecule has 0 aliphatic rings. The summed E-state index contributed by atoms with van der Waals surface area (Å²) < 4.78 is 1.17. The molecule has 10 heavy (non-hydrogen) atoms. The fourth-order valence-electron chi connectivity index (χ4n) is 0.757. The molecule has 0 radical (unpaired) electrons. The summed E-state index contributed by atoms with van der Waals surface area (Å²) in [4.78, 5) is 1.23. The van der Waals surface area contributed by atoms with Gasteiger partial charge in [0, 0.05) is 15.4 Å². The molecule has 56 valence electrons. The first-order valence-corrected chi connectivity index (χ1v) is 4.79. The highest BCUT2D eigenvalue weighted by molar-refractivity contribution is 9.10. The van der Waals surface area contributed by atoms with Gasteiger partial charge in [-0.2, -0.15) is 0 Å². The summed E-state index contributed by atoms with van der Waals surface area (Å²) in [6.07, 6.45) is 0. The first-order valence-electron chi connectivity index (χ1n) is 3.12. The van der Waals surface area contributed by atoms with Gasteiger partial charge in [-0.25, -0.2) is 0 Å². The quantitative estimate of drug-likeness (QED) is 0.773. The number of thiophene rings is 1. The minimum absolute atomic E-state index is 0.146. The Morgan fingerprint density at radius 3 is 2.50 bits per heavy atom. The zero-order chi connectivity index (χ0) is 7.72. The lowest BCUT2D eigenvalue weighted by Crippen LogP contribution is -2.02. The summed E-state index contributed by atoms with van der Waals surface area (Å²) in [6, 6.07) is 0.146. The Bertz CT molecular complexity index is 230. The molecule has 0 saturated carbocycles. The molecule has 0 aliphatic heterocycles. The average Bonchev–Trinajstić information content (AvgIpc) is 2.14. The van der Waals surface area contributed by atoms with Gasteiger partial charge in [-0.3, -0.25) is 0 Å². The van der Waals surface area contributed by atoms with E-state index in [1.54, 1.807) is 11.3 Å². The van der Waals surface area contributed by atoms with Gasteiger partial charge >= 0.3 is 0 Å². The van der Waals surface area contributed by atoms with Crippen molar-refractivity contribution in [2.24, 2.45) is 5.73 Å². The smallest absolute Gasteiger partial charge is 0.0372 e. The van der Waals surface area contributed by atoms with Crippen molar-refractivity contribution in [1.82, 2.24) is 0 Å². The predicted molar refractivity (Wildman–Crippen MR) is 49.4 cm³/mol. The van der Waals surface area contributed by atoms with Crippen LogP contribution >= 0.6 is 27.3 Å². The Kier molecular flexibility index (Phi) is 2.50. The molecule has 3 heteroatoms. The van der Waals surface area contributed by atoms with Crippen LogP contribution in [-0.2, 0) is 0 Å². The lowest BCUT2D eigenvalue weighted by Gasteiger charge is -2.00. The second-order valence-corrected chi connectivity index (χ2v) is 4.09. The highest BCUT2D eigenvalue weighted by Crippen LogP contribution is 2.31. The summed E-state index contributed by atoms with van der Waals surface area (Å²) in [6.45, 7) is 4.07. The molecule has 0 amide bonds. The fourth-order valence-corrected chi connectivity index (χ4v) is 2.57. The molecule has 1 aromatic rings. The zero-order valence-electron chi connectivity index (χ0n) is 6.02. The van der Waals surface area contributed by atoms with Gasteiger partial charge in [0.2, 0.25) is 0 Å². The van der Waals surface area contributed by atoms with Crippen LogP contribution in [0.25, 0.3) is 0 Å². The lowest BCUT2D eigenvalue weighted by molar-refractivity contribution is 0.833. The van der Waals surface area contributed by atoms with E-state index in [1.807, 2.05) is 6.92 Å². The fraction of sp³-hybridized carbons (Fsp3) is 0.429. The molecule has 0 spiro atoms. The van der Waals surface area contributed by atoms with Crippen molar-refractivity contribution < 1.29 is 0 Å². The Morgan fingerprint density at radius 1 is 1.70 bits per heavy atom. The molecule has 0 fully saturated rings. The van der Waals surface area contributed by atoms with Crippen LogP contribution in [0.3, 0.4) is 0 Å². The zero-order valence-corrected chi connectivity index (χ0v) is 8.42. The van der Waals surface area contributed by atoms with E-state index in [0.717, 1.165) is 0 Å². The molecule has 1 atom stereocenters. The predicted octanol–water partition coefficient (Wildman–Crippen LogP) is 2.84. The standard InChI is InChI=1S/C7H10BrNS/c1-4-3-10-7(5(2)9)6(4)8/h3,5H,9H2,1-2H3/t5-/m0/s1. The van der Waals surface area contributed by atoms with E-state index < -0.39 is 0 Å². The highest BCUT2D eigenvalue weighted by atomic mass is 79.9. The normalized spacial score (nSPS) is 13.6. The summed E-state index contributed by atoms with van der Waals surface area (Å²) in [7, 11) is 0. The summed E-state index contributed by atoms with van der Waals surface area (Å²) in [5.41, 5.74) is 6.98. The second kappa shape index (κ2) is 3.03. The Labute approximate surface area is 73.4 Å². The van der Waals surface area contributed by atoms with Crippen LogP contribution in [0.1, 0.15) is 23.4 Å². The van der Waals surface area contributed by atoms with E-state index >= 15 is 0 Å². The van der Waals surface area contributed by atoms with Crippen molar-refractivity contribution in [3.8, 4) is 0 Å². The number of aryl methyl sites for hydroxylation is 1. The van der Waals surface area contributed by atoms with Gasteiger partial charge in [0.15, 0.2) is 0 Å². The number of hydrogen-bond acceptors (Lipinski definition) is 2. The van der Waals surface area contributed by atoms with Gasteiger partial charge < -0.3 is 5.73 Å². The third kappa shape index (κ3) is 1.41. The van der Waals surface area contributed by atoms with E-state index in [1.165, 1.54) is 14.9 Å². The van der Waals surface area contributed by atoms with Crippen molar-refractivity contribution in [3.05, 3.63) is 20.3 Å². The molecular weight excluding hydrogens is 210 g/mol. The molecule has 1 heterocycles. The van der Waals surface area contributed by atoms with Gasteiger partial charge in [-0.1, -0.05) is 0 Å². The number of nitrogens with two attached hydrogens (primary N) is 1. The van der Waals surface area contributed by atoms with Crippen molar-refractivity contribution >= 4 is 27.3 Å². The highest BCUT2D eigenvalue weighted by Gasteiger charge is 2.08. The van der Waals surface area contributed by atoms with Crippen molar-refractivity contribution in [1.29, 1.82) is 0 Å². The van der Waals surface area contributed by atoms with E-state index in [9.17, 15) is 0 Å². The molecule has 1 rings (SSSR count). The third-order valence-corrected chi connectivity index (χ3v) is 3.96. The van der Waals surface area contributed by atoms with Gasteiger partial charge in [-0.15, -0.1) is 11.3 Å². The molecule has 1 aromatic heterocycles. The van der Waals surface area contributed by atoms with E-state index in [-0.39, 0.29) is 6.04 Å². The summed E-state index contributed by atoms with van der Waals surface area (Å²) >= 11 is 5.19. The number of rotatable bonds is 1. The van der Waals surface area contributed by atoms with E-state index in [4.69, 9.17) is 5.73 Å². The first kappa shape index (κ1) is 8.24. The van der Waals surface area contributed by atoms with Crippen molar-refractivity contribution in [3.63, 3.8) is 0 Å². The lowest BCUT2D eigenvalue weighted by atomic mass is 10.2. The number of halogens is 1. The average molecular weight is 220 g/mol. The molecule has 0 bridgehead atoms. The molecule has 0 aromatic carbocycles. The van der Waals surface area contributed by atoms with E-state index in [0.29, 0.717) is 0 Å². The van der Waals surface area contributed by atoms with Crippen LogP contribution < -0.4 is 5.73 Å². The maximum atomic E-state index is 5.71. The van der Waals surface area contributed by atoms with Crippen LogP contribution in [0, 0.1) is 6.92 Å². The Morgan fingerprint density at radius 2 is 2.30 bits per heavy atom. The molecule has 2 N–H and O–H groups in total. The minimum atomic E-state index is 0.146. The van der Waals surface area contributed by atoms with Crippen LogP contribution in [0.15, 0.2) is 9.85 Å². The van der Waals surface area contributed by atoms with Crippen molar-refractivity contribution in [2.45, 2.75) is 19.9 Å². The molecule has 0 aliphatic carbocycles. The second-order valence-electron chi connectivity index (χ2n) is 2.39.